The molecule has 0 spiro atoms. The predicted octanol–water partition coefficient (Wildman–Crippen LogP) is 1.37. The highest BCUT2D eigenvalue weighted by molar-refractivity contribution is 5.09. The number of hydrogen-bond donors (Lipinski definition) is 1. The highest BCUT2D eigenvalue weighted by Crippen LogP contribution is 2.45. The van der Waals surface area contributed by atoms with Gasteiger partial charge in [0.2, 0.25) is 0 Å². The molecule has 2 heterocycles. The van der Waals surface area contributed by atoms with E-state index in [-0.39, 0.29) is 0 Å². The fourth-order valence-electron chi connectivity index (χ4n) is 3.08. The van der Waals surface area contributed by atoms with E-state index in [0.29, 0.717) is 5.54 Å². The van der Waals surface area contributed by atoms with E-state index >= 15 is 0 Å². The van der Waals surface area contributed by atoms with Crippen LogP contribution in [-0.4, -0.2) is 26.8 Å². The second-order valence-electron chi connectivity index (χ2n) is 5.13. The lowest BCUT2D eigenvalue weighted by molar-refractivity contribution is 0.311. The summed E-state index contributed by atoms with van der Waals surface area (Å²) in [5.41, 5.74) is 0.347. The summed E-state index contributed by atoms with van der Waals surface area (Å²) < 4.78 is 2.03. The smallest absolute Gasteiger partial charge is 0.138 e. The lowest BCUT2D eigenvalue weighted by Crippen LogP contribution is -2.44. The van der Waals surface area contributed by atoms with E-state index in [4.69, 9.17) is 0 Å². The van der Waals surface area contributed by atoms with Crippen molar-refractivity contribution in [3.05, 3.63) is 12.2 Å². The van der Waals surface area contributed by atoms with Gasteiger partial charge in [0.1, 0.15) is 12.2 Å². The minimum atomic E-state index is 0.347. The normalized spacial score (nSPS) is 29.8. The zero-order chi connectivity index (χ0) is 11.0. The molecule has 1 aromatic rings. The summed E-state index contributed by atoms with van der Waals surface area (Å²) in [5, 5.41) is 8.01. The molecule has 4 heteroatoms. The summed E-state index contributed by atoms with van der Waals surface area (Å²) >= 11 is 0. The van der Waals surface area contributed by atoms with Crippen molar-refractivity contribution in [1.82, 2.24) is 20.1 Å². The largest absolute Gasteiger partial charge is 0.311 e. The van der Waals surface area contributed by atoms with Crippen molar-refractivity contribution >= 4 is 0 Å². The quantitative estimate of drug-likeness (QED) is 0.833. The fraction of sp³-hybridized carbons (Fsp3) is 0.833. The number of hydrogen-bond acceptors (Lipinski definition) is 3. The Balaban J connectivity index is 1.81. The molecule has 0 radical (unpaired) electrons. The monoisotopic (exact) mass is 220 g/mol. The van der Waals surface area contributed by atoms with E-state index in [1.54, 1.807) is 6.33 Å². The third kappa shape index (κ3) is 1.65. The van der Waals surface area contributed by atoms with Crippen molar-refractivity contribution < 1.29 is 0 Å². The maximum atomic E-state index is 4.42. The maximum absolute atomic E-state index is 4.42. The summed E-state index contributed by atoms with van der Waals surface area (Å²) in [6, 6.07) is 0. The summed E-state index contributed by atoms with van der Waals surface area (Å²) in [6.07, 6.45) is 8.17. The van der Waals surface area contributed by atoms with Crippen molar-refractivity contribution in [3.63, 3.8) is 0 Å². The molecular weight excluding hydrogens is 200 g/mol. The van der Waals surface area contributed by atoms with Gasteiger partial charge in [0.15, 0.2) is 0 Å². The van der Waals surface area contributed by atoms with Gasteiger partial charge in [-0.3, -0.25) is 4.68 Å². The maximum Gasteiger partial charge on any atom is 0.138 e. The van der Waals surface area contributed by atoms with E-state index < -0.39 is 0 Å². The highest BCUT2D eigenvalue weighted by atomic mass is 15.3. The van der Waals surface area contributed by atoms with Crippen molar-refractivity contribution in [1.29, 1.82) is 0 Å². The Morgan fingerprint density at radius 3 is 3.06 bits per heavy atom. The van der Waals surface area contributed by atoms with Gasteiger partial charge in [-0.1, -0.05) is 0 Å². The fourth-order valence-corrected chi connectivity index (χ4v) is 3.08. The molecule has 88 valence electrons. The first kappa shape index (κ1) is 10.3. The molecule has 1 saturated heterocycles. The lowest BCUT2D eigenvalue weighted by Gasteiger charge is -2.29. The molecule has 0 amide bonds. The van der Waals surface area contributed by atoms with Crippen LogP contribution in [0, 0.1) is 5.92 Å². The van der Waals surface area contributed by atoms with Crippen LogP contribution in [0.5, 0.6) is 0 Å². The molecule has 1 saturated carbocycles. The number of aromatic nitrogens is 3. The van der Waals surface area contributed by atoms with E-state index in [2.05, 4.69) is 22.3 Å². The summed E-state index contributed by atoms with van der Waals surface area (Å²) in [5.74, 6) is 2.04. The second-order valence-corrected chi connectivity index (χ2v) is 5.13. The standard InChI is InChI=1S/C12H20N4/c1-2-16-11(13-9-15-16)8-12(10-4-5-10)6-3-7-14-12/h9-10,14H,2-8H2,1H3. The van der Waals surface area contributed by atoms with Gasteiger partial charge in [-0.25, -0.2) is 4.98 Å². The van der Waals surface area contributed by atoms with Gasteiger partial charge in [0.05, 0.1) is 0 Å². The third-order valence-corrected chi connectivity index (χ3v) is 4.10. The van der Waals surface area contributed by atoms with Crippen molar-refractivity contribution in [3.8, 4) is 0 Å². The van der Waals surface area contributed by atoms with E-state index in [1.165, 1.54) is 32.2 Å². The zero-order valence-electron chi connectivity index (χ0n) is 9.95. The molecule has 3 rings (SSSR count). The predicted molar refractivity (Wildman–Crippen MR) is 62.1 cm³/mol. The number of nitrogens with one attached hydrogen (secondary N) is 1. The summed E-state index contributed by atoms with van der Waals surface area (Å²) in [7, 11) is 0. The minimum Gasteiger partial charge on any atom is -0.311 e. The van der Waals surface area contributed by atoms with Gasteiger partial charge in [0, 0.05) is 18.5 Å². The molecule has 1 unspecified atom stereocenters. The molecule has 2 fully saturated rings. The molecule has 1 aliphatic heterocycles. The summed E-state index contributed by atoms with van der Waals surface area (Å²) in [4.78, 5) is 4.42. The van der Waals surface area contributed by atoms with Crippen LogP contribution in [0.25, 0.3) is 0 Å². The minimum absolute atomic E-state index is 0.347. The topological polar surface area (TPSA) is 42.7 Å². The number of aryl methyl sites for hydroxylation is 1. The van der Waals surface area contributed by atoms with E-state index in [9.17, 15) is 0 Å². The van der Waals surface area contributed by atoms with Gasteiger partial charge in [-0.15, -0.1) is 0 Å². The molecule has 0 bridgehead atoms. The molecule has 1 aromatic heterocycles. The van der Waals surface area contributed by atoms with Gasteiger partial charge >= 0.3 is 0 Å². The van der Waals surface area contributed by atoms with Crippen LogP contribution in [-0.2, 0) is 13.0 Å². The van der Waals surface area contributed by atoms with Crippen molar-refractivity contribution in [2.24, 2.45) is 5.92 Å². The molecule has 2 aliphatic rings. The zero-order valence-corrected chi connectivity index (χ0v) is 9.95. The Morgan fingerprint density at radius 2 is 2.44 bits per heavy atom. The van der Waals surface area contributed by atoms with Crippen LogP contribution in [0.4, 0.5) is 0 Å². The molecule has 1 aliphatic carbocycles. The summed E-state index contributed by atoms with van der Waals surface area (Å²) in [6.45, 7) is 4.23. The molecule has 1 N–H and O–H groups in total. The van der Waals surface area contributed by atoms with Crippen LogP contribution in [0.3, 0.4) is 0 Å². The number of nitrogens with zero attached hydrogens (tertiary/aromatic N) is 3. The van der Waals surface area contributed by atoms with Gasteiger partial charge in [-0.05, 0) is 45.1 Å². The molecule has 4 nitrogen and oxygen atoms in total. The number of rotatable bonds is 4. The Hall–Kier alpha value is -0.900. The van der Waals surface area contributed by atoms with E-state index in [0.717, 1.165) is 24.7 Å². The third-order valence-electron chi connectivity index (χ3n) is 4.10. The first-order valence-electron chi connectivity index (χ1n) is 6.46. The van der Waals surface area contributed by atoms with Gasteiger partial charge in [-0.2, -0.15) is 5.10 Å². The van der Waals surface area contributed by atoms with Gasteiger partial charge in [0.25, 0.3) is 0 Å². The molecule has 1 atom stereocenters. The first-order chi connectivity index (χ1) is 7.84. The van der Waals surface area contributed by atoms with E-state index in [1.807, 2.05) is 4.68 Å². The average molecular weight is 220 g/mol. The van der Waals surface area contributed by atoms with Crippen LogP contribution >= 0.6 is 0 Å². The van der Waals surface area contributed by atoms with Crippen molar-refractivity contribution in [2.45, 2.75) is 51.1 Å². The highest BCUT2D eigenvalue weighted by Gasteiger charge is 2.47. The van der Waals surface area contributed by atoms with Crippen LogP contribution in [0.15, 0.2) is 6.33 Å². The van der Waals surface area contributed by atoms with Crippen LogP contribution in [0.1, 0.15) is 38.4 Å². The Bertz CT molecular complexity index is 361. The van der Waals surface area contributed by atoms with Crippen LogP contribution < -0.4 is 5.32 Å². The Kier molecular flexibility index (Phi) is 2.46. The second kappa shape index (κ2) is 3.84. The average Bonchev–Trinajstić information content (AvgIpc) is 2.90. The van der Waals surface area contributed by atoms with Crippen molar-refractivity contribution in [2.75, 3.05) is 6.54 Å². The SMILES string of the molecule is CCn1ncnc1CC1(C2CC2)CCCN1. The first-order valence-corrected chi connectivity index (χ1v) is 6.46. The lowest BCUT2D eigenvalue weighted by atomic mass is 9.87. The molecular formula is C12H20N4. The molecule has 16 heavy (non-hydrogen) atoms. The molecule has 0 aromatic carbocycles. The Morgan fingerprint density at radius 1 is 1.56 bits per heavy atom. The van der Waals surface area contributed by atoms with Crippen LogP contribution in [0.2, 0.25) is 0 Å². The Labute approximate surface area is 96.4 Å². The van der Waals surface area contributed by atoms with Gasteiger partial charge < -0.3 is 5.32 Å².